The fraction of sp³-hybridized carbons (Fsp3) is 0.357. The number of halogens is 1. The summed E-state index contributed by atoms with van der Waals surface area (Å²) in [7, 11) is 0. The molecule has 18 heavy (non-hydrogen) atoms. The lowest BCUT2D eigenvalue weighted by Crippen LogP contribution is -2.07. The molecule has 0 aliphatic rings. The molecule has 96 valence electrons. The Hall–Kier alpha value is -1.06. The summed E-state index contributed by atoms with van der Waals surface area (Å²) in [5, 5.41) is 4.26. The van der Waals surface area contributed by atoms with Crippen molar-refractivity contribution < 1.29 is 4.79 Å². The van der Waals surface area contributed by atoms with Crippen LogP contribution in [0.25, 0.3) is 0 Å². The number of hydrogen-bond acceptors (Lipinski definition) is 2. The van der Waals surface area contributed by atoms with Gasteiger partial charge in [0.15, 0.2) is 5.78 Å². The Kier molecular flexibility index (Phi) is 4.25. The Morgan fingerprint density at radius 2 is 2.22 bits per heavy atom. The molecule has 0 bridgehead atoms. The lowest BCUT2D eigenvalue weighted by molar-refractivity contribution is 0.102. The Morgan fingerprint density at radius 3 is 2.83 bits per heavy atom. The van der Waals surface area contributed by atoms with Gasteiger partial charge >= 0.3 is 0 Å². The number of nitrogens with zero attached hydrogens (tertiary/aromatic N) is 1. The van der Waals surface area contributed by atoms with E-state index in [2.05, 4.69) is 21.4 Å². The largest absolute Gasteiger partial charge is 0.348 e. The van der Waals surface area contributed by atoms with Crippen molar-refractivity contribution in [3.63, 3.8) is 0 Å². The van der Waals surface area contributed by atoms with Crippen LogP contribution in [0.1, 0.15) is 27.3 Å². The van der Waals surface area contributed by atoms with Crippen LogP contribution in [0.5, 0.6) is 0 Å². The van der Waals surface area contributed by atoms with Crippen LogP contribution < -0.4 is 0 Å². The van der Waals surface area contributed by atoms with Gasteiger partial charge in [-0.1, -0.05) is 0 Å². The molecular weight excluding hydrogens is 266 g/mol. The van der Waals surface area contributed by atoms with Crippen molar-refractivity contribution in [3.8, 4) is 0 Å². The van der Waals surface area contributed by atoms with Crippen molar-refractivity contribution in [3.05, 3.63) is 45.4 Å². The van der Waals surface area contributed by atoms with E-state index in [1.54, 1.807) is 11.3 Å². The molecule has 4 heteroatoms. The average molecular weight is 282 g/mol. The second-order valence-corrected chi connectivity index (χ2v) is 5.42. The predicted octanol–water partition coefficient (Wildman–Crippen LogP) is 3.83. The SMILES string of the molecule is Cc1cc(C(=O)CCl)c(C)n1CCc1ccsc1. The van der Waals surface area contributed by atoms with Gasteiger partial charge in [0.2, 0.25) is 0 Å². The minimum absolute atomic E-state index is 0.00606. The third-order valence-corrected chi connectivity index (χ3v) is 4.17. The van der Waals surface area contributed by atoms with Crippen LogP contribution in [-0.2, 0) is 13.0 Å². The zero-order valence-corrected chi connectivity index (χ0v) is 12.1. The lowest BCUT2D eigenvalue weighted by Gasteiger charge is -2.08. The zero-order chi connectivity index (χ0) is 13.1. The highest BCUT2D eigenvalue weighted by Crippen LogP contribution is 2.17. The number of Topliss-reactive ketones (excluding diaryl/α,β-unsaturated/α-hetero) is 1. The second-order valence-electron chi connectivity index (χ2n) is 4.37. The topological polar surface area (TPSA) is 22.0 Å². The predicted molar refractivity (Wildman–Crippen MR) is 77.0 cm³/mol. The van der Waals surface area contributed by atoms with E-state index in [0.717, 1.165) is 29.9 Å². The normalized spacial score (nSPS) is 10.8. The smallest absolute Gasteiger partial charge is 0.179 e. The summed E-state index contributed by atoms with van der Waals surface area (Å²) in [4.78, 5) is 11.7. The van der Waals surface area contributed by atoms with Gasteiger partial charge in [-0.3, -0.25) is 4.79 Å². The molecule has 0 aliphatic carbocycles. The molecule has 2 rings (SSSR count). The number of hydrogen-bond donors (Lipinski definition) is 0. The number of alkyl halides is 1. The number of carbonyl (C=O) groups excluding carboxylic acids is 1. The van der Waals surface area contributed by atoms with Crippen molar-refractivity contribution in [2.75, 3.05) is 5.88 Å². The fourth-order valence-electron chi connectivity index (χ4n) is 2.18. The molecule has 2 heterocycles. The summed E-state index contributed by atoms with van der Waals surface area (Å²) in [5.41, 5.74) is 4.25. The molecule has 0 saturated carbocycles. The van der Waals surface area contributed by atoms with E-state index in [0.29, 0.717) is 0 Å². The molecule has 0 saturated heterocycles. The molecule has 0 N–H and O–H groups in total. The zero-order valence-electron chi connectivity index (χ0n) is 10.6. The van der Waals surface area contributed by atoms with Crippen molar-refractivity contribution in [2.24, 2.45) is 0 Å². The number of ketones is 1. The minimum atomic E-state index is 0.00606. The van der Waals surface area contributed by atoms with E-state index < -0.39 is 0 Å². The first-order chi connectivity index (χ1) is 8.63. The molecule has 0 atom stereocenters. The van der Waals surface area contributed by atoms with Crippen LogP contribution in [0.15, 0.2) is 22.9 Å². The van der Waals surface area contributed by atoms with E-state index in [9.17, 15) is 4.79 Å². The number of carbonyl (C=O) groups is 1. The minimum Gasteiger partial charge on any atom is -0.348 e. The standard InChI is InChI=1S/C14H16ClNOS/c1-10-7-13(14(17)8-15)11(2)16(10)5-3-12-4-6-18-9-12/h4,6-7,9H,3,5,8H2,1-2H3. The van der Waals surface area contributed by atoms with Crippen LogP contribution in [0.3, 0.4) is 0 Å². The first-order valence-corrected chi connectivity index (χ1v) is 7.38. The molecule has 0 aliphatic heterocycles. The number of rotatable bonds is 5. The van der Waals surface area contributed by atoms with Gasteiger partial charge in [-0.2, -0.15) is 11.3 Å². The Balaban J connectivity index is 2.18. The summed E-state index contributed by atoms with van der Waals surface area (Å²) < 4.78 is 2.19. The van der Waals surface area contributed by atoms with E-state index >= 15 is 0 Å². The van der Waals surface area contributed by atoms with Crippen LogP contribution in [-0.4, -0.2) is 16.2 Å². The highest BCUT2D eigenvalue weighted by Gasteiger charge is 2.14. The van der Waals surface area contributed by atoms with Crippen molar-refractivity contribution in [1.29, 1.82) is 0 Å². The lowest BCUT2D eigenvalue weighted by atomic mass is 10.2. The summed E-state index contributed by atoms with van der Waals surface area (Å²) in [5.74, 6) is 0.0565. The van der Waals surface area contributed by atoms with E-state index in [-0.39, 0.29) is 11.7 Å². The monoisotopic (exact) mass is 281 g/mol. The van der Waals surface area contributed by atoms with Crippen LogP contribution in [0.2, 0.25) is 0 Å². The molecule has 0 fully saturated rings. The molecule has 0 spiro atoms. The quantitative estimate of drug-likeness (QED) is 0.603. The Bertz CT molecular complexity index is 542. The summed E-state index contributed by atoms with van der Waals surface area (Å²) >= 11 is 7.34. The molecular formula is C14H16ClNOS. The van der Waals surface area contributed by atoms with Crippen molar-refractivity contribution in [2.45, 2.75) is 26.8 Å². The van der Waals surface area contributed by atoms with Crippen LogP contribution in [0.4, 0.5) is 0 Å². The summed E-state index contributed by atoms with van der Waals surface area (Å²) in [6.45, 7) is 4.93. The molecule has 2 aromatic heterocycles. The van der Waals surface area contributed by atoms with Gasteiger partial charge in [-0.05, 0) is 48.7 Å². The number of aryl methyl sites for hydroxylation is 2. The third-order valence-electron chi connectivity index (χ3n) is 3.20. The summed E-state index contributed by atoms with van der Waals surface area (Å²) in [6.07, 6.45) is 0.994. The number of thiophene rings is 1. The van der Waals surface area contributed by atoms with Crippen LogP contribution in [0, 0.1) is 13.8 Å². The maximum absolute atomic E-state index is 11.7. The highest BCUT2D eigenvalue weighted by atomic mass is 35.5. The average Bonchev–Trinajstić information content (AvgIpc) is 2.96. The van der Waals surface area contributed by atoms with E-state index in [4.69, 9.17) is 11.6 Å². The van der Waals surface area contributed by atoms with Gasteiger partial charge in [0.25, 0.3) is 0 Å². The van der Waals surface area contributed by atoms with Gasteiger partial charge in [-0.15, -0.1) is 11.6 Å². The van der Waals surface area contributed by atoms with Gasteiger partial charge in [0.1, 0.15) is 0 Å². The molecule has 0 aromatic carbocycles. The number of aromatic nitrogens is 1. The molecule has 0 unspecified atom stereocenters. The Labute approximate surface area is 116 Å². The van der Waals surface area contributed by atoms with Gasteiger partial charge in [0, 0.05) is 23.5 Å². The van der Waals surface area contributed by atoms with Crippen LogP contribution >= 0.6 is 22.9 Å². The van der Waals surface area contributed by atoms with E-state index in [1.165, 1.54) is 5.56 Å². The fourth-order valence-corrected chi connectivity index (χ4v) is 3.02. The third kappa shape index (κ3) is 2.68. The first-order valence-electron chi connectivity index (χ1n) is 5.90. The maximum atomic E-state index is 11.7. The molecule has 2 nitrogen and oxygen atoms in total. The van der Waals surface area contributed by atoms with Gasteiger partial charge in [-0.25, -0.2) is 0 Å². The van der Waals surface area contributed by atoms with Gasteiger partial charge < -0.3 is 4.57 Å². The van der Waals surface area contributed by atoms with E-state index in [1.807, 2.05) is 19.9 Å². The highest BCUT2D eigenvalue weighted by molar-refractivity contribution is 7.07. The molecule has 0 amide bonds. The first kappa shape index (κ1) is 13.4. The Morgan fingerprint density at radius 1 is 1.44 bits per heavy atom. The summed E-state index contributed by atoms with van der Waals surface area (Å²) in [6, 6.07) is 4.08. The maximum Gasteiger partial charge on any atom is 0.179 e. The molecule has 0 radical (unpaired) electrons. The van der Waals surface area contributed by atoms with Gasteiger partial charge in [0.05, 0.1) is 5.88 Å². The van der Waals surface area contributed by atoms with Crippen molar-refractivity contribution >= 4 is 28.7 Å². The van der Waals surface area contributed by atoms with Crippen molar-refractivity contribution in [1.82, 2.24) is 4.57 Å². The molecule has 2 aromatic rings. The second kappa shape index (κ2) is 5.72.